The van der Waals surface area contributed by atoms with Gasteiger partial charge in [-0.25, -0.2) is 0 Å². The largest absolute Gasteiger partial charge is 0.340 e. The third kappa shape index (κ3) is 3.42. The summed E-state index contributed by atoms with van der Waals surface area (Å²) in [6.07, 6.45) is 4.27. The van der Waals surface area contributed by atoms with E-state index in [4.69, 9.17) is 0 Å². The molecule has 0 radical (unpaired) electrons. The van der Waals surface area contributed by atoms with Crippen molar-refractivity contribution in [2.45, 2.75) is 39.7 Å². The van der Waals surface area contributed by atoms with E-state index in [-0.39, 0.29) is 5.91 Å². The number of amides is 1. The van der Waals surface area contributed by atoms with E-state index < -0.39 is 0 Å². The molecule has 1 amide bonds. The van der Waals surface area contributed by atoms with E-state index in [0.29, 0.717) is 12.0 Å². The number of piperidine rings is 1. The fourth-order valence-corrected chi connectivity index (χ4v) is 2.94. The second-order valence-corrected chi connectivity index (χ2v) is 6.02. The summed E-state index contributed by atoms with van der Waals surface area (Å²) in [6.45, 7) is 10.0. The van der Waals surface area contributed by atoms with E-state index in [2.05, 4.69) is 36.9 Å². The van der Waals surface area contributed by atoms with Gasteiger partial charge in [-0.15, -0.1) is 0 Å². The van der Waals surface area contributed by atoms with Gasteiger partial charge in [-0.2, -0.15) is 0 Å². The molecule has 1 fully saturated rings. The van der Waals surface area contributed by atoms with Crippen LogP contribution in [0.5, 0.6) is 0 Å². The van der Waals surface area contributed by atoms with Crippen LogP contribution in [0.1, 0.15) is 50.1 Å². The molecule has 2 rings (SSSR count). The van der Waals surface area contributed by atoms with Crippen molar-refractivity contribution in [3.63, 3.8) is 0 Å². The molecule has 2 heterocycles. The Morgan fingerprint density at radius 1 is 1.45 bits per heavy atom. The minimum Gasteiger partial charge on any atom is -0.340 e. The summed E-state index contributed by atoms with van der Waals surface area (Å²) in [7, 11) is 0. The Morgan fingerprint density at radius 3 is 2.75 bits per heavy atom. The summed E-state index contributed by atoms with van der Waals surface area (Å²) in [4.78, 5) is 14.7. The van der Waals surface area contributed by atoms with Crippen molar-refractivity contribution in [2.75, 3.05) is 26.2 Å². The van der Waals surface area contributed by atoms with Crippen molar-refractivity contribution < 1.29 is 4.79 Å². The summed E-state index contributed by atoms with van der Waals surface area (Å²) < 4.78 is 2.19. The predicted octanol–water partition coefficient (Wildman–Crippen LogP) is 2.53. The van der Waals surface area contributed by atoms with Gasteiger partial charge >= 0.3 is 0 Å². The molecule has 0 bridgehead atoms. The first kappa shape index (κ1) is 15.1. The number of rotatable bonds is 5. The van der Waals surface area contributed by atoms with Crippen LogP contribution in [0.4, 0.5) is 0 Å². The quantitative estimate of drug-likeness (QED) is 0.898. The summed E-state index contributed by atoms with van der Waals surface area (Å²) in [5.41, 5.74) is 0.847. The highest BCUT2D eigenvalue weighted by Crippen LogP contribution is 2.22. The number of hydrogen-bond donors (Lipinski definition) is 1. The Morgan fingerprint density at radius 2 is 2.15 bits per heavy atom. The number of carbonyl (C=O) groups excluding carboxylic acids is 1. The lowest BCUT2D eigenvalue weighted by molar-refractivity contribution is 0.0731. The molecule has 1 aliphatic heterocycles. The fraction of sp³-hybridized carbons (Fsp3) is 0.688. The Kier molecular flexibility index (Phi) is 5.24. The SMILES string of the molecule is CCN(CC(C)C)C(=O)c1cccn1C1CCNCC1. The van der Waals surface area contributed by atoms with Crippen LogP contribution < -0.4 is 5.32 Å². The van der Waals surface area contributed by atoms with Crippen LogP contribution in [0.15, 0.2) is 18.3 Å². The molecule has 0 unspecified atom stereocenters. The number of nitrogens with one attached hydrogen (secondary N) is 1. The minimum atomic E-state index is 0.171. The first-order chi connectivity index (χ1) is 9.63. The molecule has 0 aromatic carbocycles. The van der Waals surface area contributed by atoms with Crippen LogP contribution in [0, 0.1) is 5.92 Å². The van der Waals surface area contributed by atoms with E-state index in [1.807, 2.05) is 17.0 Å². The van der Waals surface area contributed by atoms with Gasteiger partial charge in [0.25, 0.3) is 5.91 Å². The zero-order valence-corrected chi connectivity index (χ0v) is 12.9. The molecule has 4 nitrogen and oxygen atoms in total. The molecular weight excluding hydrogens is 250 g/mol. The molecule has 1 aromatic rings. The van der Waals surface area contributed by atoms with E-state index in [0.717, 1.165) is 44.7 Å². The molecule has 1 N–H and O–H groups in total. The molecule has 0 spiro atoms. The van der Waals surface area contributed by atoms with Gasteiger partial charge in [-0.3, -0.25) is 4.79 Å². The lowest BCUT2D eigenvalue weighted by Gasteiger charge is -2.28. The van der Waals surface area contributed by atoms with Gasteiger partial charge in [0, 0.05) is 25.3 Å². The van der Waals surface area contributed by atoms with Gasteiger partial charge in [-0.1, -0.05) is 13.8 Å². The normalized spacial score (nSPS) is 16.6. The van der Waals surface area contributed by atoms with Crippen molar-refractivity contribution in [1.29, 1.82) is 0 Å². The summed E-state index contributed by atoms with van der Waals surface area (Å²) >= 11 is 0. The van der Waals surface area contributed by atoms with Crippen molar-refractivity contribution in [3.05, 3.63) is 24.0 Å². The molecule has 4 heteroatoms. The van der Waals surface area contributed by atoms with Crippen molar-refractivity contribution in [3.8, 4) is 0 Å². The highest BCUT2D eigenvalue weighted by Gasteiger charge is 2.23. The Bertz CT molecular complexity index is 433. The van der Waals surface area contributed by atoms with Crippen LogP contribution in [0.3, 0.4) is 0 Å². The van der Waals surface area contributed by atoms with Gasteiger partial charge in [0.1, 0.15) is 5.69 Å². The summed E-state index contributed by atoms with van der Waals surface area (Å²) in [5, 5.41) is 3.38. The van der Waals surface area contributed by atoms with E-state index >= 15 is 0 Å². The average molecular weight is 277 g/mol. The lowest BCUT2D eigenvalue weighted by atomic mass is 10.1. The smallest absolute Gasteiger partial charge is 0.270 e. The van der Waals surface area contributed by atoms with Gasteiger partial charge in [-0.05, 0) is 50.9 Å². The van der Waals surface area contributed by atoms with Crippen molar-refractivity contribution in [1.82, 2.24) is 14.8 Å². The maximum Gasteiger partial charge on any atom is 0.270 e. The van der Waals surface area contributed by atoms with E-state index in [1.165, 1.54) is 0 Å². The topological polar surface area (TPSA) is 37.3 Å². The van der Waals surface area contributed by atoms with Gasteiger partial charge in [0.05, 0.1) is 0 Å². The third-order valence-electron chi connectivity index (χ3n) is 3.95. The summed E-state index contributed by atoms with van der Waals surface area (Å²) in [6, 6.07) is 4.43. The highest BCUT2D eigenvalue weighted by molar-refractivity contribution is 5.92. The molecule has 20 heavy (non-hydrogen) atoms. The zero-order chi connectivity index (χ0) is 14.5. The zero-order valence-electron chi connectivity index (χ0n) is 12.9. The molecular formula is C16H27N3O. The van der Waals surface area contributed by atoms with E-state index in [1.54, 1.807) is 0 Å². The van der Waals surface area contributed by atoms with Gasteiger partial charge < -0.3 is 14.8 Å². The van der Waals surface area contributed by atoms with Gasteiger partial charge in [0.2, 0.25) is 0 Å². The molecule has 1 aromatic heterocycles. The lowest BCUT2D eigenvalue weighted by Crippen LogP contribution is -2.36. The Labute approximate surface area is 122 Å². The maximum absolute atomic E-state index is 12.7. The molecule has 0 saturated carbocycles. The number of hydrogen-bond acceptors (Lipinski definition) is 2. The second kappa shape index (κ2) is 6.93. The van der Waals surface area contributed by atoms with E-state index in [9.17, 15) is 4.79 Å². The molecule has 0 atom stereocenters. The third-order valence-corrected chi connectivity index (χ3v) is 3.95. The average Bonchev–Trinajstić information content (AvgIpc) is 2.94. The van der Waals surface area contributed by atoms with Crippen molar-refractivity contribution in [2.24, 2.45) is 5.92 Å². The first-order valence-electron chi connectivity index (χ1n) is 7.80. The van der Waals surface area contributed by atoms with Gasteiger partial charge in [0.15, 0.2) is 0 Å². The van der Waals surface area contributed by atoms with Crippen LogP contribution in [-0.4, -0.2) is 41.6 Å². The monoisotopic (exact) mass is 277 g/mol. The standard InChI is InChI=1S/C16H27N3O/c1-4-18(12-13(2)3)16(20)15-6-5-11-19(15)14-7-9-17-10-8-14/h5-6,11,13-14,17H,4,7-10,12H2,1-3H3. The summed E-state index contributed by atoms with van der Waals surface area (Å²) in [5.74, 6) is 0.672. The molecule has 1 saturated heterocycles. The molecule has 0 aliphatic carbocycles. The molecule has 112 valence electrons. The Balaban J connectivity index is 2.15. The van der Waals surface area contributed by atoms with Crippen LogP contribution in [0.25, 0.3) is 0 Å². The number of aromatic nitrogens is 1. The molecule has 1 aliphatic rings. The van der Waals surface area contributed by atoms with Crippen LogP contribution in [0.2, 0.25) is 0 Å². The minimum absolute atomic E-state index is 0.171. The first-order valence-corrected chi connectivity index (χ1v) is 7.80. The Hall–Kier alpha value is -1.29. The predicted molar refractivity (Wildman–Crippen MR) is 82.0 cm³/mol. The van der Waals surface area contributed by atoms with Crippen molar-refractivity contribution >= 4 is 5.91 Å². The second-order valence-electron chi connectivity index (χ2n) is 6.02. The van der Waals surface area contributed by atoms with Crippen LogP contribution >= 0.6 is 0 Å². The number of carbonyl (C=O) groups is 1. The maximum atomic E-state index is 12.7. The van der Waals surface area contributed by atoms with Crippen LogP contribution in [-0.2, 0) is 0 Å². The number of nitrogens with zero attached hydrogens (tertiary/aromatic N) is 2. The highest BCUT2D eigenvalue weighted by atomic mass is 16.2. The fourth-order valence-electron chi connectivity index (χ4n) is 2.94.